The molecule has 3 rings (SSSR count). The fourth-order valence-electron chi connectivity index (χ4n) is 2.57. The molecule has 1 saturated carbocycles. The molecule has 152 valence electrons. The number of benzene rings is 2. The summed E-state index contributed by atoms with van der Waals surface area (Å²) in [4.78, 5) is 34.8. The van der Waals surface area contributed by atoms with Gasteiger partial charge in [0.1, 0.15) is 5.75 Å². The zero-order valence-corrected chi connectivity index (χ0v) is 15.8. The Balaban J connectivity index is 1.50. The Hall–Kier alpha value is -3.55. The lowest BCUT2D eigenvalue weighted by Gasteiger charge is -2.10. The molecular formula is C21H23N3O5. The maximum absolute atomic E-state index is 12.5. The highest BCUT2D eigenvalue weighted by molar-refractivity contribution is 6.05. The molecule has 3 amide bonds. The van der Waals surface area contributed by atoms with Crippen molar-refractivity contribution in [1.29, 1.82) is 0 Å². The molecule has 0 unspecified atom stereocenters. The Kier molecular flexibility index (Phi) is 6.67. The van der Waals surface area contributed by atoms with Gasteiger partial charge in [-0.3, -0.25) is 9.59 Å². The van der Waals surface area contributed by atoms with Gasteiger partial charge in [0, 0.05) is 29.4 Å². The molecule has 1 aliphatic carbocycles. The van der Waals surface area contributed by atoms with Crippen molar-refractivity contribution < 1.29 is 24.2 Å². The number of carbonyl (C=O) groups is 3. The molecule has 4 N–H and O–H groups in total. The van der Waals surface area contributed by atoms with Crippen LogP contribution in [0.2, 0.25) is 0 Å². The summed E-state index contributed by atoms with van der Waals surface area (Å²) in [5, 5.41) is 16.9. The monoisotopic (exact) mass is 397 g/mol. The summed E-state index contributed by atoms with van der Waals surface area (Å²) in [5.74, 6) is -0.554. The first-order chi connectivity index (χ1) is 14.0. The van der Waals surface area contributed by atoms with Gasteiger partial charge >= 0.3 is 12.0 Å². The van der Waals surface area contributed by atoms with Crippen molar-refractivity contribution in [3.8, 4) is 5.75 Å². The van der Waals surface area contributed by atoms with Crippen LogP contribution in [-0.4, -0.2) is 35.7 Å². The molecule has 0 atom stereocenters. The third-order valence-corrected chi connectivity index (χ3v) is 4.21. The molecule has 2 aromatic rings. The van der Waals surface area contributed by atoms with Gasteiger partial charge in [0.15, 0.2) is 0 Å². The lowest BCUT2D eigenvalue weighted by atomic mass is 10.2. The summed E-state index contributed by atoms with van der Waals surface area (Å²) in [5.41, 5.74) is 1.56. The zero-order chi connectivity index (χ0) is 20.6. The molecule has 0 heterocycles. The number of ether oxygens (including phenoxy) is 1. The number of rotatable bonds is 9. The summed E-state index contributed by atoms with van der Waals surface area (Å²) in [6.07, 6.45) is 2.49. The third kappa shape index (κ3) is 6.84. The maximum Gasteiger partial charge on any atom is 0.319 e. The normalized spacial score (nSPS) is 12.7. The first-order valence-electron chi connectivity index (χ1n) is 9.43. The minimum atomic E-state index is -0.852. The third-order valence-electron chi connectivity index (χ3n) is 4.21. The van der Waals surface area contributed by atoms with E-state index in [1.807, 2.05) is 0 Å². The van der Waals surface area contributed by atoms with E-state index in [2.05, 4.69) is 16.0 Å². The minimum Gasteiger partial charge on any atom is -0.494 e. The van der Waals surface area contributed by atoms with E-state index in [1.54, 1.807) is 48.5 Å². The summed E-state index contributed by atoms with van der Waals surface area (Å²) in [7, 11) is 0. The van der Waals surface area contributed by atoms with Crippen LogP contribution < -0.4 is 20.7 Å². The van der Waals surface area contributed by atoms with Crippen LogP contribution in [-0.2, 0) is 4.79 Å². The number of nitrogens with one attached hydrogen (secondary N) is 3. The van der Waals surface area contributed by atoms with Gasteiger partial charge in [0.2, 0.25) is 0 Å². The van der Waals surface area contributed by atoms with Crippen LogP contribution in [0.15, 0.2) is 48.5 Å². The summed E-state index contributed by atoms with van der Waals surface area (Å²) in [6.45, 7) is 0.312. The van der Waals surface area contributed by atoms with Gasteiger partial charge in [0.05, 0.1) is 6.61 Å². The maximum atomic E-state index is 12.5. The van der Waals surface area contributed by atoms with Gasteiger partial charge < -0.3 is 25.8 Å². The molecule has 8 heteroatoms. The molecule has 0 spiro atoms. The molecule has 0 aromatic heterocycles. The molecule has 1 fully saturated rings. The lowest BCUT2D eigenvalue weighted by Crippen LogP contribution is -2.30. The van der Waals surface area contributed by atoms with E-state index in [0.29, 0.717) is 35.7 Å². The first-order valence-corrected chi connectivity index (χ1v) is 9.43. The van der Waals surface area contributed by atoms with Gasteiger partial charge in [-0.15, -0.1) is 0 Å². The standard InChI is InChI=1S/C21H23N3O5/c25-19(26)5-2-12-29-18-10-8-15(9-11-18)22-20(27)14-3-1-4-17(13-14)24-21(28)23-16-6-7-16/h1,3-4,8-11,13,16H,2,5-7,12H2,(H,22,27)(H,25,26)(H2,23,24,28). The van der Waals surface area contributed by atoms with Crippen molar-refractivity contribution in [2.24, 2.45) is 0 Å². The Labute approximate surface area is 168 Å². The molecular weight excluding hydrogens is 374 g/mol. The first kappa shape index (κ1) is 20.2. The van der Waals surface area contributed by atoms with Crippen LogP contribution in [0.5, 0.6) is 5.75 Å². The topological polar surface area (TPSA) is 117 Å². The fraction of sp³-hybridized carbons (Fsp3) is 0.286. The SMILES string of the molecule is O=C(O)CCCOc1ccc(NC(=O)c2cccc(NC(=O)NC3CC3)c2)cc1. The quantitative estimate of drug-likeness (QED) is 0.484. The van der Waals surface area contributed by atoms with Crippen LogP contribution in [0.25, 0.3) is 0 Å². The fourth-order valence-corrected chi connectivity index (χ4v) is 2.57. The number of hydrogen-bond acceptors (Lipinski definition) is 4. The smallest absolute Gasteiger partial charge is 0.319 e. The number of carbonyl (C=O) groups excluding carboxylic acids is 2. The molecule has 0 saturated heterocycles. The Morgan fingerprint density at radius 3 is 2.45 bits per heavy atom. The second-order valence-electron chi connectivity index (χ2n) is 6.78. The van der Waals surface area contributed by atoms with E-state index in [9.17, 15) is 14.4 Å². The van der Waals surface area contributed by atoms with E-state index in [-0.39, 0.29) is 24.4 Å². The van der Waals surface area contributed by atoms with Crippen LogP contribution in [0.3, 0.4) is 0 Å². The Bertz CT molecular complexity index is 878. The molecule has 29 heavy (non-hydrogen) atoms. The Morgan fingerprint density at radius 2 is 1.76 bits per heavy atom. The van der Waals surface area contributed by atoms with Gasteiger partial charge in [-0.05, 0) is 61.7 Å². The van der Waals surface area contributed by atoms with Crippen molar-refractivity contribution in [1.82, 2.24) is 5.32 Å². The molecule has 8 nitrogen and oxygen atoms in total. The van der Waals surface area contributed by atoms with E-state index >= 15 is 0 Å². The number of carboxylic acid groups (broad SMARTS) is 1. The predicted octanol–water partition coefficient (Wildman–Crippen LogP) is 3.47. The van der Waals surface area contributed by atoms with Crippen molar-refractivity contribution in [3.05, 3.63) is 54.1 Å². The Morgan fingerprint density at radius 1 is 1.00 bits per heavy atom. The van der Waals surface area contributed by atoms with E-state index in [4.69, 9.17) is 9.84 Å². The number of anilines is 2. The molecule has 0 radical (unpaired) electrons. The van der Waals surface area contributed by atoms with Crippen LogP contribution >= 0.6 is 0 Å². The number of carboxylic acids is 1. The number of urea groups is 1. The van der Waals surface area contributed by atoms with Crippen LogP contribution in [0.1, 0.15) is 36.0 Å². The van der Waals surface area contributed by atoms with Crippen molar-refractivity contribution in [3.63, 3.8) is 0 Å². The predicted molar refractivity (Wildman–Crippen MR) is 108 cm³/mol. The number of aliphatic carboxylic acids is 1. The zero-order valence-electron chi connectivity index (χ0n) is 15.8. The summed E-state index contributed by atoms with van der Waals surface area (Å²) < 4.78 is 5.46. The highest BCUT2D eigenvalue weighted by Crippen LogP contribution is 2.20. The molecule has 0 bridgehead atoms. The number of hydrogen-bond donors (Lipinski definition) is 4. The molecule has 1 aliphatic rings. The summed E-state index contributed by atoms with van der Waals surface area (Å²) >= 11 is 0. The average Bonchev–Trinajstić information content (AvgIpc) is 3.50. The van der Waals surface area contributed by atoms with Gasteiger partial charge in [0.25, 0.3) is 5.91 Å². The van der Waals surface area contributed by atoms with E-state index < -0.39 is 5.97 Å². The molecule has 0 aliphatic heterocycles. The van der Waals surface area contributed by atoms with Gasteiger partial charge in [-0.1, -0.05) is 6.07 Å². The summed E-state index contributed by atoms with van der Waals surface area (Å²) in [6, 6.07) is 13.5. The second-order valence-corrected chi connectivity index (χ2v) is 6.78. The van der Waals surface area contributed by atoms with Crippen LogP contribution in [0, 0.1) is 0 Å². The highest BCUT2D eigenvalue weighted by atomic mass is 16.5. The number of amides is 3. The van der Waals surface area contributed by atoms with E-state index in [1.165, 1.54) is 0 Å². The molecule has 2 aromatic carbocycles. The van der Waals surface area contributed by atoms with Gasteiger partial charge in [-0.2, -0.15) is 0 Å². The second kappa shape index (κ2) is 9.59. The van der Waals surface area contributed by atoms with Crippen LogP contribution in [0.4, 0.5) is 16.2 Å². The minimum absolute atomic E-state index is 0.0598. The van der Waals surface area contributed by atoms with Crippen molar-refractivity contribution in [2.75, 3.05) is 17.2 Å². The average molecular weight is 397 g/mol. The van der Waals surface area contributed by atoms with Crippen molar-refractivity contribution >= 4 is 29.3 Å². The lowest BCUT2D eigenvalue weighted by molar-refractivity contribution is -0.137. The largest absolute Gasteiger partial charge is 0.494 e. The highest BCUT2D eigenvalue weighted by Gasteiger charge is 2.23. The van der Waals surface area contributed by atoms with E-state index in [0.717, 1.165) is 12.8 Å². The van der Waals surface area contributed by atoms with Gasteiger partial charge in [-0.25, -0.2) is 4.79 Å². The van der Waals surface area contributed by atoms with Crippen molar-refractivity contribution in [2.45, 2.75) is 31.7 Å².